The van der Waals surface area contributed by atoms with Gasteiger partial charge in [-0.25, -0.2) is 0 Å². The number of aryl methyl sites for hydroxylation is 1. The molecule has 2 N–H and O–H groups in total. The highest BCUT2D eigenvalue weighted by Crippen LogP contribution is 2.08. The highest BCUT2D eigenvalue weighted by atomic mass is 14.6. The van der Waals surface area contributed by atoms with Crippen LogP contribution in [0.2, 0.25) is 0 Å². The fourth-order valence-electron chi connectivity index (χ4n) is 1.15. The van der Waals surface area contributed by atoms with E-state index in [-0.39, 0.29) is 6.04 Å². The lowest BCUT2D eigenvalue weighted by atomic mass is 10.0. The Morgan fingerprint density at radius 2 is 1.73 bits per heavy atom. The molecule has 0 spiro atoms. The predicted molar refractivity (Wildman–Crippen MR) is 69.0 cm³/mol. The van der Waals surface area contributed by atoms with Crippen molar-refractivity contribution in [2.24, 2.45) is 5.73 Å². The maximum Gasteiger partial charge on any atom is 0.0289 e. The average molecular weight is 205 g/mol. The summed E-state index contributed by atoms with van der Waals surface area (Å²) in [6.07, 6.45) is 0.885. The molecule has 1 rings (SSSR count). The van der Waals surface area contributed by atoms with Gasteiger partial charge in [0.05, 0.1) is 0 Å². The Morgan fingerprint density at radius 1 is 1.27 bits per heavy atom. The Kier molecular flexibility index (Phi) is 6.72. The van der Waals surface area contributed by atoms with Crippen molar-refractivity contribution in [1.82, 2.24) is 0 Å². The maximum absolute atomic E-state index is 5.89. The third-order valence-electron chi connectivity index (χ3n) is 2.21. The molecule has 1 aromatic carbocycles. The van der Waals surface area contributed by atoms with E-state index in [1.54, 1.807) is 0 Å². The highest BCUT2D eigenvalue weighted by Gasteiger charge is 2.03. The van der Waals surface area contributed by atoms with Gasteiger partial charge < -0.3 is 5.73 Å². The van der Waals surface area contributed by atoms with Crippen molar-refractivity contribution < 1.29 is 0 Å². The van der Waals surface area contributed by atoms with Gasteiger partial charge in [0, 0.05) is 6.04 Å². The van der Waals surface area contributed by atoms with Crippen molar-refractivity contribution in [3.05, 3.63) is 47.5 Å². The Morgan fingerprint density at radius 3 is 2.13 bits per heavy atom. The van der Waals surface area contributed by atoms with E-state index in [0.29, 0.717) is 0 Å². The lowest BCUT2D eigenvalue weighted by Crippen LogP contribution is -2.23. The molecule has 0 saturated carbocycles. The first-order valence-corrected chi connectivity index (χ1v) is 5.56. The largest absolute Gasteiger partial charge is 0.324 e. The molecule has 0 bridgehead atoms. The van der Waals surface area contributed by atoms with Crippen LogP contribution in [0.4, 0.5) is 0 Å². The van der Waals surface area contributed by atoms with Crippen molar-refractivity contribution in [1.29, 1.82) is 0 Å². The molecule has 1 atom stereocenters. The SMILES string of the molecule is C=C(C)C(N)Cc1ccc(C)cc1.CC. The van der Waals surface area contributed by atoms with Crippen LogP contribution >= 0.6 is 0 Å². The smallest absolute Gasteiger partial charge is 0.0289 e. The van der Waals surface area contributed by atoms with Crippen LogP contribution in [0.25, 0.3) is 0 Å². The number of benzene rings is 1. The molecule has 0 aliphatic carbocycles. The molecule has 0 aromatic heterocycles. The van der Waals surface area contributed by atoms with Gasteiger partial charge in [-0.1, -0.05) is 55.8 Å². The van der Waals surface area contributed by atoms with Crippen molar-refractivity contribution in [2.45, 2.75) is 40.2 Å². The van der Waals surface area contributed by atoms with E-state index < -0.39 is 0 Å². The van der Waals surface area contributed by atoms with Crippen molar-refractivity contribution in [3.63, 3.8) is 0 Å². The van der Waals surface area contributed by atoms with Gasteiger partial charge >= 0.3 is 0 Å². The number of nitrogens with two attached hydrogens (primary N) is 1. The molecular formula is C14H23N. The monoisotopic (exact) mass is 205 g/mol. The van der Waals surface area contributed by atoms with Gasteiger partial charge in [0.2, 0.25) is 0 Å². The molecule has 0 amide bonds. The minimum atomic E-state index is 0.0858. The van der Waals surface area contributed by atoms with Gasteiger partial charge in [0.15, 0.2) is 0 Å². The second kappa shape index (κ2) is 7.24. The topological polar surface area (TPSA) is 26.0 Å². The maximum atomic E-state index is 5.89. The van der Waals surface area contributed by atoms with Crippen LogP contribution in [-0.2, 0) is 6.42 Å². The summed E-state index contributed by atoms with van der Waals surface area (Å²) in [7, 11) is 0. The molecular weight excluding hydrogens is 182 g/mol. The molecule has 0 aliphatic rings. The zero-order valence-corrected chi connectivity index (χ0v) is 10.4. The van der Waals surface area contributed by atoms with Gasteiger partial charge in [0.25, 0.3) is 0 Å². The second-order valence-electron chi connectivity index (χ2n) is 3.64. The van der Waals surface area contributed by atoms with E-state index in [2.05, 4.69) is 37.8 Å². The zero-order chi connectivity index (χ0) is 11.8. The highest BCUT2D eigenvalue weighted by molar-refractivity contribution is 5.23. The Bertz CT molecular complexity index is 285. The number of rotatable bonds is 3. The summed E-state index contributed by atoms with van der Waals surface area (Å²) in [5, 5.41) is 0. The van der Waals surface area contributed by atoms with Crippen LogP contribution in [0.5, 0.6) is 0 Å². The van der Waals surface area contributed by atoms with Gasteiger partial charge in [-0.3, -0.25) is 0 Å². The quantitative estimate of drug-likeness (QED) is 0.751. The summed E-state index contributed by atoms with van der Waals surface area (Å²) >= 11 is 0. The molecule has 0 radical (unpaired) electrons. The minimum absolute atomic E-state index is 0.0858. The lowest BCUT2D eigenvalue weighted by molar-refractivity contribution is 0.766. The van der Waals surface area contributed by atoms with Gasteiger partial charge in [0.1, 0.15) is 0 Å². The number of hydrogen-bond donors (Lipinski definition) is 1. The molecule has 0 aliphatic heterocycles. The van der Waals surface area contributed by atoms with Gasteiger partial charge in [-0.2, -0.15) is 0 Å². The fourth-order valence-corrected chi connectivity index (χ4v) is 1.15. The summed E-state index contributed by atoms with van der Waals surface area (Å²) in [5.41, 5.74) is 9.49. The third kappa shape index (κ3) is 5.38. The molecule has 0 fully saturated rings. The third-order valence-corrected chi connectivity index (χ3v) is 2.21. The van der Waals surface area contributed by atoms with E-state index in [1.165, 1.54) is 11.1 Å². The van der Waals surface area contributed by atoms with Gasteiger partial charge in [-0.05, 0) is 25.8 Å². The number of hydrogen-bond acceptors (Lipinski definition) is 1. The molecule has 0 heterocycles. The van der Waals surface area contributed by atoms with Crippen LogP contribution < -0.4 is 5.73 Å². The van der Waals surface area contributed by atoms with Crippen LogP contribution in [-0.4, -0.2) is 6.04 Å². The standard InChI is InChI=1S/C12H17N.C2H6/c1-9(2)12(13)8-11-6-4-10(3)5-7-11;1-2/h4-7,12H,1,8,13H2,2-3H3;1-2H3. The van der Waals surface area contributed by atoms with E-state index in [0.717, 1.165) is 12.0 Å². The first-order chi connectivity index (χ1) is 7.09. The molecule has 15 heavy (non-hydrogen) atoms. The molecule has 84 valence electrons. The minimum Gasteiger partial charge on any atom is -0.324 e. The molecule has 1 unspecified atom stereocenters. The normalized spacial score (nSPS) is 11.3. The average Bonchev–Trinajstić information content (AvgIpc) is 2.24. The van der Waals surface area contributed by atoms with Gasteiger partial charge in [-0.15, -0.1) is 0 Å². The Balaban J connectivity index is 0.000000921. The van der Waals surface area contributed by atoms with Crippen molar-refractivity contribution in [3.8, 4) is 0 Å². The van der Waals surface area contributed by atoms with Crippen molar-refractivity contribution >= 4 is 0 Å². The Hall–Kier alpha value is -1.08. The van der Waals surface area contributed by atoms with Crippen LogP contribution in [0.1, 0.15) is 31.9 Å². The second-order valence-corrected chi connectivity index (χ2v) is 3.64. The van der Waals surface area contributed by atoms with Crippen LogP contribution in [0, 0.1) is 6.92 Å². The summed E-state index contributed by atoms with van der Waals surface area (Å²) < 4.78 is 0. The molecule has 1 heteroatoms. The first kappa shape index (κ1) is 13.9. The molecule has 1 nitrogen and oxygen atoms in total. The summed E-state index contributed by atoms with van der Waals surface area (Å²) in [6, 6.07) is 8.56. The molecule has 0 saturated heterocycles. The van der Waals surface area contributed by atoms with Crippen molar-refractivity contribution in [2.75, 3.05) is 0 Å². The summed E-state index contributed by atoms with van der Waals surface area (Å²) in [4.78, 5) is 0. The lowest BCUT2D eigenvalue weighted by Gasteiger charge is -2.10. The van der Waals surface area contributed by atoms with Crippen LogP contribution in [0.3, 0.4) is 0 Å². The first-order valence-electron chi connectivity index (χ1n) is 5.56. The van der Waals surface area contributed by atoms with E-state index >= 15 is 0 Å². The summed E-state index contributed by atoms with van der Waals surface area (Å²) in [6.45, 7) is 11.9. The zero-order valence-electron chi connectivity index (χ0n) is 10.4. The van der Waals surface area contributed by atoms with E-state index in [4.69, 9.17) is 5.73 Å². The predicted octanol–water partition coefficient (Wildman–Crippen LogP) is 3.47. The summed E-state index contributed by atoms with van der Waals surface area (Å²) in [5.74, 6) is 0. The fraction of sp³-hybridized carbons (Fsp3) is 0.429. The molecule has 1 aromatic rings. The van der Waals surface area contributed by atoms with E-state index in [9.17, 15) is 0 Å². The van der Waals surface area contributed by atoms with E-state index in [1.807, 2.05) is 20.8 Å². The van der Waals surface area contributed by atoms with Crippen LogP contribution in [0.15, 0.2) is 36.4 Å². The Labute approximate surface area is 94.0 Å².